The number of amides is 1. The van der Waals surface area contributed by atoms with Crippen molar-refractivity contribution in [2.75, 3.05) is 20.2 Å². The molecule has 0 spiro atoms. The van der Waals surface area contributed by atoms with E-state index in [1.165, 1.54) is 12.8 Å². The molecular formula is C20H27NO5. The van der Waals surface area contributed by atoms with Crippen LogP contribution in [0.3, 0.4) is 0 Å². The number of likely N-dealkylation sites (tertiary alicyclic amines) is 1. The first-order valence-corrected chi connectivity index (χ1v) is 9.42. The van der Waals surface area contributed by atoms with Crippen LogP contribution in [0.25, 0.3) is 0 Å². The zero-order chi connectivity index (χ0) is 18.5. The zero-order valence-corrected chi connectivity index (χ0v) is 15.3. The van der Waals surface area contributed by atoms with Crippen molar-refractivity contribution in [3.05, 3.63) is 23.8 Å². The lowest BCUT2D eigenvalue weighted by atomic mass is 9.93. The van der Waals surface area contributed by atoms with Crippen LogP contribution in [0.2, 0.25) is 0 Å². The van der Waals surface area contributed by atoms with Gasteiger partial charge in [0.25, 0.3) is 5.91 Å². The van der Waals surface area contributed by atoms with Gasteiger partial charge in [-0.05, 0) is 62.6 Å². The van der Waals surface area contributed by atoms with E-state index in [9.17, 15) is 9.59 Å². The molecule has 6 nitrogen and oxygen atoms in total. The first kappa shape index (κ1) is 18.5. The normalized spacial score (nSPS) is 18.7. The highest BCUT2D eigenvalue weighted by Crippen LogP contribution is 2.33. The predicted octanol–water partition coefficient (Wildman–Crippen LogP) is 3.34. The van der Waals surface area contributed by atoms with Gasteiger partial charge in [-0.25, -0.2) is 0 Å². The highest BCUT2D eigenvalue weighted by atomic mass is 16.5. The molecular weight excluding hydrogens is 334 g/mol. The topological polar surface area (TPSA) is 76.1 Å². The van der Waals surface area contributed by atoms with E-state index in [1.807, 2.05) is 6.07 Å². The second-order valence-electron chi connectivity index (χ2n) is 7.22. The maximum absolute atomic E-state index is 12.8. The second-order valence-corrected chi connectivity index (χ2v) is 7.22. The number of nitrogens with zero attached hydrogens (tertiary/aromatic N) is 1. The Morgan fingerprint density at radius 1 is 1.12 bits per heavy atom. The molecule has 0 radical (unpaired) electrons. The molecule has 1 aromatic rings. The molecule has 1 amide bonds. The van der Waals surface area contributed by atoms with Crippen molar-refractivity contribution in [1.29, 1.82) is 0 Å². The molecule has 1 N–H and O–H groups in total. The maximum Gasteiger partial charge on any atom is 0.303 e. The lowest BCUT2D eigenvalue weighted by molar-refractivity contribution is -0.138. The molecule has 1 saturated carbocycles. The van der Waals surface area contributed by atoms with Gasteiger partial charge >= 0.3 is 5.97 Å². The molecule has 1 aliphatic carbocycles. The quantitative estimate of drug-likeness (QED) is 0.841. The molecule has 0 unspecified atom stereocenters. The number of carbonyl (C=O) groups excluding carboxylic acids is 1. The smallest absolute Gasteiger partial charge is 0.303 e. The standard InChI is InChI=1S/C20H27NO5/c1-25-18-13-15(6-7-17(18)26-16-4-2-3-5-16)20(24)21-10-8-14(9-11-21)12-19(22)23/h6-7,13-14,16H,2-5,8-12H2,1H3,(H,22,23). The first-order valence-electron chi connectivity index (χ1n) is 9.42. The SMILES string of the molecule is COc1cc(C(=O)N2CCC(CC(=O)O)CC2)ccc1OC1CCCC1. The maximum atomic E-state index is 12.8. The third kappa shape index (κ3) is 4.48. The van der Waals surface area contributed by atoms with E-state index < -0.39 is 5.97 Å². The summed E-state index contributed by atoms with van der Waals surface area (Å²) < 4.78 is 11.5. The van der Waals surface area contributed by atoms with Crippen LogP contribution in [0.4, 0.5) is 0 Å². The first-order chi connectivity index (χ1) is 12.6. The minimum atomic E-state index is -0.766. The molecule has 6 heteroatoms. The number of methoxy groups -OCH3 is 1. The molecule has 1 heterocycles. The Bertz CT molecular complexity index is 646. The van der Waals surface area contributed by atoms with Gasteiger partial charge in [-0.2, -0.15) is 0 Å². The highest BCUT2D eigenvalue weighted by molar-refractivity contribution is 5.95. The highest BCUT2D eigenvalue weighted by Gasteiger charge is 2.26. The molecule has 0 bridgehead atoms. The number of benzene rings is 1. The zero-order valence-electron chi connectivity index (χ0n) is 15.3. The third-order valence-electron chi connectivity index (χ3n) is 5.37. The van der Waals surface area contributed by atoms with Crippen LogP contribution < -0.4 is 9.47 Å². The summed E-state index contributed by atoms with van der Waals surface area (Å²) in [7, 11) is 1.59. The summed E-state index contributed by atoms with van der Waals surface area (Å²) in [6, 6.07) is 5.36. The van der Waals surface area contributed by atoms with Crippen LogP contribution >= 0.6 is 0 Å². The van der Waals surface area contributed by atoms with Gasteiger partial charge in [-0.15, -0.1) is 0 Å². The summed E-state index contributed by atoms with van der Waals surface area (Å²) in [5, 5.41) is 8.90. The number of carboxylic acid groups (broad SMARTS) is 1. The van der Waals surface area contributed by atoms with Gasteiger partial charge in [0.15, 0.2) is 11.5 Å². The molecule has 26 heavy (non-hydrogen) atoms. The van der Waals surface area contributed by atoms with Crippen LogP contribution in [0.1, 0.15) is 55.3 Å². The largest absolute Gasteiger partial charge is 0.493 e. The molecule has 2 aliphatic rings. The number of rotatable bonds is 6. The number of hydrogen-bond acceptors (Lipinski definition) is 4. The summed E-state index contributed by atoms with van der Waals surface area (Å²) in [5.41, 5.74) is 0.581. The molecule has 0 aromatic heterocycles. The van der Waals surface area contributed by atoms with Crippen molar-refractivity contribution in [2.45, 2.75) is 51.0 Å². The van der Waals surface area contributed by atoms with E-state index in [0.29, 0.717) is 30.2 Å². The molecule has 2 fully saturated rings. The van der Waals surface area contributed by atoms with Crippen molar-refractivity contribution in [2.24, 2.45) is 5.92 Å². The minimum Gasteiger partial charge on any atom is -0.493 e. The van der Waals surface area contributed by atoms with Crippen molar-refractivity contribution in [1.82, 2.24) is 4.90 Å². The van der Waals surface area contributed by atoms with Crippen molar-refractivity contribution < 1.29 is 24.2 Å². The number of aliphatic carboxylic acids is 1. The van der Waals surface area contributed by atoms with Gasteiger partial charge in [-0.1, -0.05) is 0 Å². The van der Waals surface area contributed by atoms with Crippen molar-refractivity contribution in [3.63, 3.8) is 0 Å². The molecule has 0 atom stereocenters. The van der Waals surface area contributed by atoms with Gasteiger partial charge in [-0.3, -0.25) is 9.59 Å². The minimum absolute atomic E-state index is 0.0375. The molecule has 142 valence electrons. The summed E-state index contributed by atoms with van der Waals surface area (Å²) in [4.78, 5) is 25.4. The van der Waals surface area contributed by atoms with E-state index in [1.54, 1.807) is 24.1 Å². The summed E-state index contributed by atoms with van der Waals surface area (Å²) in [6.45, 7) is 1.19. The van der Waals surface area contributed by atoms with Crippen LogP contribution in [-0.2, 0) is 4.79 Å². The van der Waals surface area contributed by atoms with E-state index in [2.05, 4.69) is 0 Å². The fourth-order valence-electron chi connectivity index (χ4n) is 3.85. The summed E-state index contributed by atoms with van der Waals surface area (Å²) in [5.74, 6) is 0.634. The number of piperidine rings is 1. The second kappa shape index (κ2) is 8.43. The van der Waals surface area contributed by atoms with E-state index in [0.717, 1.165) is 25.7 Å². The molecule has 1 aliphatic heterocycles. The van der Waals surface area contributed by atoms with Gasteiger partial charge in [0.1, 0.15) is 0 Å². The lowest BCUT2D eigenvalue weighted by Crippen LogP contribution is -2.38. The lowest BCUT2D eigenvalue weighted by Gasteiger charge is -2.31. The van der Waals surface area contributed by atoms with E-state index >= 15 is 0 Å². The fourth-order valence-corrected chi connectivity index (χ4v) is 3.85. The van der Waals surface area contributed by atoms with Gasteiger partial charge in [0.05, 0.1) is 13.2 Å². The van der Waals surface area contributed by atoms with Crippen LogP contribution in [-0.4, -0.2) is 48.2 Å². The van der Waals surface area contributed by atoms with E-state index in [4.69, 9.17) is 14.6 Å². The molecule has 3 rings (SSSR count). The average molecular weight is 361 g/mol. The van der Waals surface area contributed by atoms with Crippen LogP contribution in [0.5, 0.6) is 11.5 Å². The molecule has 1 saturated heterocycles. The van der Waals surface area contributed by atoms with Crippen molar-refractivity contribution in [3.8, 4) is 11.5 Å². The number of ether oxygens (including phenoxy) is 2. The van der Waals surface area contributed by atoms with Crippen molar-refractivity contribution >= 4 is 11.9 Å². The number of carboxylic acids is 1. The predicted molar refractivity (Wildman–Crippen MR) is 96.8 cm³/mol. The Morgan fingerprint density at radius 2 is 1.81 bits per heavy atom. The number of carbonyl (C=O) groups is 2. The fraction of sp³-hybridized carbons (Fsp3) is 0.600. The van der Waals surface area contributed by atoms with Crippen LogP contribution in [0, 0.1) is 5.92 Å². The Morgan fingerprint density at radius 3 is 2.42 bits per heavy atom. The van der Waals surface area contributed by atoms with Gasteiger partial charge in [0.2, 0.25) is 0 Å². The summed E-state index contributed by atoms with van der Waals surface area (Å²) in [6.07, 6.45) is 6.41. The van der Waals surface area contributed by atoms with E-state index in [-0.39, 0.29) is 24.3 Å². The molecule has 1 aromatic carbocycles. The van der Waals surface area contributed by atoms with Gasteiger partial charge in [0, 0.05) is 25.1 Å². The van der Waals surface area contributed by atoms with Crippen LogP contribution in [0.15, 0.2) is 18.2 Å². The average Bonchev–Trinajstić information content (AvgIpc) is 3.15. The monoisotopic (exact) mass is 361 g/mol. The van der Waals surface area contributed by atoms with Gasteiger partial charge < -0.3 is 19.5 Å². The Balaban J connectivity index is 1.63. The number of hydrogen-bond donors (Lipinski definition) is 1. The third-order valence-corrected chi connectivity index (χ3v) is 5.37. The Hall–Kier alpha value is -2.24. The summed E-state index contributed by atoms with van der Waals surface area (Å²) >= 11 is 0. The Labute approximate surface area is 154 Å². The Kier molecular flexibility index (Phi) is 6.01.